The van der Waals surface area contributed by atoms with Crippen LogP contribution in [0.5, 0.6) is 28.7 Å². The minimum absolute atomic E-state index is 0.193. The number of hydrogen-bond donors (Lipinski definition) is 0. The molecule has 0 N–H and O–H groups in total. The van der Waals surface area contributed by atoms with Gasteiger partial charge in [-0.3, -0.25) is 4.79 Å². The molecule has 0 radical (unpaired) electrons. The molecule has 0 saturated carbocycles. The lowest BCUT2D eigenvalue weighted by molar-refractivity contribution is -0.144. The molecule has 2 bridgehead atoms. The zero-order valence-electron chi connectivity index (χ0n) is 15.8. The van der Waals surface area contributed by atoms with Crippen LogP contribution in [0.2, 0.25) is 0 Å². The average molecular weight is 384 g/mol. The summed E-state index contributed by atoms with van der Waals surface area (Å²) in [6.07, 6.45) is 0.382. The molecule has 1 saturated heterocycles. The Morgan fingerprint density at radius 1 is 0.893 bits per heavy atom. The molecule has 0 spiro atoms. The third-order valence-electron chi connectivity index (χ3n) is 5.74. The van der Waals surface area contributed by atoms with Crippen LogP contribution in [0.15, 0.2) is 24.3 Å². The predicted molar refractivity (Wildman–Crippen MR) is 97.4 cm³/mol. The van der Waals surface area contributed by atoms with E-state index in [1.165, 1.54) is 0 Å². The molecule has 3 aliphatic rings. The van der Waals surface area contributed by atoms with Gasteiger partial charge in [0.15, 0.2) is 23.0 Å². The summed E-state index contributed by atoms with van der Waals surface area (Å²) in [5.41, 5.74) is 2.87. The lowest BCUT2D eigenvalue weighted by atomic mass is 9.72. The molecule has 2 aliphatic heterocycles. The first-order valence-corrected chi connectivity index (χ1v) is 9.08. The van der Waals surface area contributed by atoms with E-state index in [0.29, 0.717) is 35.2 Å². The lowest BCUT2D eigenvalue weighted by Gasteiger charge is -2.29. The number of esters is 1. The van der Waals surface area contributed by atoms with Crippen molar-refractivity contribution in [2.75, 3.05) is 28.1 Å². The van der Waals surface area contributed by atoms with Crippen molar-refractivity contribution in [3.63, 3.8) is 0 Å². The normalized spacial score (nSPS) is 23.8. The van der Waals surface area contributed by atoms with E-state index in [0.717, 1.165) is 16.7 Å². The number of methoxy groups -OCH3 is 3. The Hall–Kier alpha value is -3.09. The van der Waals surface area contributed by atoms with Gasteiger partial charge in [0.05, 0.1) is 27.2 Å². The minimum Gasteiger partial charge on any atom is -0.493 e. The molecule has 0 unspecified atom stereocenters. The highest BCUT2D eigenvalue weighted by Gasteiger charge is 2.48. The van der Waals surface area contributed by atoms with Crippen LogP contribution in [-0.4, -0.2) is 34.1 Å². The SMILES string of the molecule is COc1cc([C@@H]2c3cc4c(cc3[C@@H]3C[C@H]2C(=O)O3)OCO4)cc(OC)c1OC. The molecule has 7 nitrogen and oxygen atoms in total. The van der Waals surface area contributed by atoms with Gasteiger partial charge in [-0.2, -0.15) is 0 Å². The molecule has 0 amide bonds. The van der Waals surface area contributed by atoms with E-state index < -0.39 is 0 Å². The highest BCUT2D eigenvalue weighted by atomic mass is 16.7. The fourth-order valence-electron chi connectivity index (χ4n) is 4.50. The zero-order valence-corrected chi connectivity index (χ0v) is 15.8. The fourth-order valence-corrected chi connectivity index (χ4v) is 4.50. The second-order valence-electron chi connectivity index (χ2n) is 7.04. The van der Waals surface area contributed by atoms with Crippen LogP contribution >= 0.6 is 0 Å². The van der Waals surface area contributed by atoms with Crippen LogP contribution in [0.4, 0.5) is 0 Å². The number of carbonyl (C=O) groups is 1. The summed E-state index contributed by atoms with van der Waals surface area (Å²) in [4.78, 5) is 12.6. The fraction of sp³-hybridized carbons (Fsp3) is 0.381. The molecule has 5 rings (SSSR count). The van der Waals surface area contributed by atoms with Crippen molar-refractivity contribution in [3.05, 3.63) is 41.0 Å². The third-order valence-corrected chi connectivity index (χ3v) is 5.74. The summed E-state index contributed by atoms with van der Waals surface area (Å²) in [6.45, 7) is 0.195. The molecule has 0 aromatic heterocycles. The van der Waals surface area contributed by atoms with E-state index in [9.17, 15) is 4.79 Å². The van der Waals surface area contributed by atoms with Gasteiger partial charge >= 0.3 is 5.97 Å². The Kier molecular flexibility index (Phi) is 3.79. The van der Waals surface area contributed by atoms with Crippen LogP contribution in [0.3, 0.4) is 0 Å². The van der Waals surface area contributed by atoms with E-state index in [1.807, 2.05) is 24.3 Å². The summed E-state index contributed by atoms with van der Waals surface area (Å²) >= 11 is 0. The zero-order chi connectivity index (χ0) is 19.4. The topological polar surface area (TPSA) is 72.5 Å². The van der Waals surface area contributed by atoms with Crippen molar-refractivity contribution in [1.29, 1.82) is 0 Å². The van der Waals surface area contributed by atoms with Crippen molar-refractivity contribution in [2.45, 2.75) is 18.4 Å². The largest absolute Gasteiger partial charge is 0.493 e. The summed E-state index contributed by atoms with van der Waals surface area (Å²) in [7, 11) is 4.72. The van der Waals surface area contributed by atoms with Crippen LogP contribution in [0.1, 0.15) is 35.1 Å². The van der Waals surface area contributed by atoms with Crippen molar-refractivity contribution >= 4 is 5.97 Å². The molecular weight excluding hydrogens is 364 g/mol. The van der Waals surface area contributed by atoms with Crippen LogP contribution in [0.25, 0.3) is 0 Å². The van der Waals surface area contributed by atoms with Crippen LogP contribution in [0, 0.1) is 5.92 Å². The van der Waals surface area contributed by atoms with Gasteiger partial charge in [0.1, 0.15) is 6.10 Å². The van der Waals surface area contributed by atoms with Crippen molar-refractivity contribution < 1.29 is 33.2 Å². The number of hydrogen-bond acceptors (Lipinski definition) is 7. The van der Waals surface area contributed by atoms with Gasteiger partial charge in [0.2, 0.25) is 12.5 Å². The summed E-state index contributed by atoms with van der Waals surface area (Å²) in [5, 5.41) is 0. The van der Waals surface area contributed by atoms with Gasteiger partial charge in [0.25, 0.3) is 0 Å². The van der Waals surface area contributed by atoms with Crippen molar-refractivity contribution in [2.24, 2.45) is 5.92 Å². The lowest BCUT2D eigenvalue weighted by Crippen LogP contribution is -2.22. The summed E-state index contributed by atoms with van der Waals surface area (Å²) in [5.74, 6) is 2.31. The molecule has 7 heteroatoms. The first-order valence-electron chi connectivity index (χ1n) is 9.08. The maximum absolute atomic E-state index is 12.6. The summed E-state index contributed by atoms with van der Waals surface area (Å²) < 4.78 is 33.2. The number of fused-ring (bicyclic) bond motifs is 5. The van der Waals surface area contributed by atoms with Gasteiger partial charge < -0.3 is 28.4 Å². The molecule has 1 aliphatic carbocycles. The Morgan fingerprint density at radius 2 is 1.54 bits per heavy atom. The molecule has 1 fully saturated rings. The standard InChI is InChI=1S/C21H20O7/c1-23-17-4-10(5-18(24-2)20(17)25-3)19-12-7-16-15(26-9-27-16)6-11(12)14-8-13(19)21(22)28-14/h4-7,13-14,19H,8-9H2,1-3H3/t13-,14+,19-/m1/s1. The highest BCUT2D eigenvalue weighted by Crippen LogP contribution is 2.55. The quantitative estimate of drug-likeness (QED) is 0.750. The molecule has 28 heavy (non-hydrogen) atoms. The minimum atomic E-state index is -0.277. The van der Waals surface area contributed by atoms with Gasteiger partial charge in [-0.05, 0) is 35.4 Å². The van der Waals surface area contributed by atoms with Gasteiger partial charge in [-0.15, -0.1) is 0 Å². The van der Waals surface area contributed by atoms with Gasteiger partial charge in [-0.1, -0.05) is 0 Å². The Bertz CT molecular complexity index is 942. The van der Waals surface area contributed by atoms with E-state index in [4.69, 9.17) is 28.4 Å². The Labute approximate surface area is 162 Å². The van der Waals surface area contributed by atoms with Crippen molar-refractivity contribution in [3.8, 4) is 28.7 Å². The molecule has 3 atom stereocenters. The predicted octanol–water partition coefficient (Wildman–Crippen LogP) is 3.19. The molecule has 2 heterocycles. The number of ether oxygens (including phenoxy) is 6. The highest BCUT2D eigenvalue weighted by molar-refractivity contribution is 5.79. The molecular formula is C21H20O7. The van der Waals surface area contributed by atoms with E-state index in [-0.39, 0.29) is 30.7 Å². The number of carbonyl (C=O) groups excluding carboxylic acids is 1. The van der Waals surface area contributed by atoms with Gasteiger partial charge in [-0.25, -0.2) is 0 Å². The maximum atomic E-state index is 12.6. The second kappa shape index (κ2) is 6.22. The molecule has 146 valence electrons. The Morgan fingerprint density at radius 3 is 2.14 bits per heavy atom. The average Bonchev–Trinajstić information content (AvgIpc) is 3.30. The first-order chi connectivity index (χ1) is 13.6. The first kappa shape index (κ1) is 17.0. The monoisotopic (exact) mass is 384 g/mol. The molecule has 2 aromatic rings. The van der Waals surface area contributed by atoms with E-state index >= 15 is 0 Å². The molecule has 2 aromatic carbocycles. The summed E-state index contributed by atoms with van der Waals surface area (Å²) in [6, 6.07) is 7.69. The number of rotatable bonds is 4. The smallest absolute Gasteiger partial charge is 0.310 e. The van der Waals surface area contributed by atoms with Gasteiger partial charge in [0, 0.05) is 17.9 Å². The van der Waals surface area contributed by atoms with E-state index in [1.54, 1.807) is 21.3 Å². The van der Waals surface area contributed by atoms with Crippen LogP contribution in [-0.2, 0) is 9.53 Å². The van der Waals surface area contributed by atoms with Crippen molar-refractivity contribution in [1.82, 2.24) is 0 Å². The number of benzene rings is 2. The van der Waals surface area contributed by atoms with E-state index in [2.05, 4.69) is 0 Å². The second-order valence-corrected chi connectivity index (χ2v) is 7.04. The maximum Gasteiger partial charge on any atom is 0.310 e. The Balaban J connectivity index is 1.71. The third kappa shape index (κ3) is 2.32. The van der Waals surface area contributed by atoms with Crippen LogP contribution < -0.4 is 23.7 Å².